The highest BCUT2D eigenvalue weighted by Crippen LogP contribution is 2.24. The van der Waals surface area contributed by atoms with Crippen LogP contribution in [-0.4, -0.2) is 37.7 Å². The molecule has 0 radical (unpaired) electrons. The molecular weight excluding hydrogens is 511 g/mol. The van der Waals surface area contributed by atoms with Gasteiger partial charge in [0, 0.05) is 19.1 Å². The molecule has 3 heterocycles. The van der Waals surface area contributed by atoms with E-state index in [2.05, 4.69) is 34.5 Å². The fourth-order valence-corrected chi connectivity index (χ4v) is 6.33. The lowest BCUT2D eigenvalue weighted by Gasteiger charge is -2.35. The van der Waals surface area contributed by atoms with Crippen molar-refractivity contribution in [3.8, 4) is 5.75 Å². The van der Waals surface area contributed by atoms with Crippen molar-refractivity contribution in [2.75, 3.05) is 26.7 Å². The van der Waals surface area contributed by atoms with Crippen LogP contribution in [-0.2, 0) is 6.54 Å². The first kappa shape index (κ1) is 35.5. The van der Waals surface area contributed by atoms with E-state index in [1.54, 1.807) is 7.11 Å². The third-order valence-corrected chi connectivity index (χ3v) is 8.85. The summed E-state index contributed by atoms with van der Waals surface area (Å²) in [6.45, 7) is 4.81. The van der Waals surface area contributed by atoms with Gasteiger partial charge in [-0.3, -0.25) is 0 Å². The second kappa shape index (κ2) is 23.2. The maximum atomic E-state index is 5.33. The average molecular weight is 572 g/mol. The third-order valence-electron chi connectivity index (χ3n) is 8.85. The van der Waals surface area contributed by atoms with Crippen molar-refractivity contribution in [2.24, 2.45) is 5.92 Å². The van der Waals surface area contributed by atoms with E-state index < -0.39 is 0 Å². The Balaban J connectivity index is 0.00000361. The Bertz CT molecular complexity index is 649. The van der Waals surface area contributed by atoms with Crippen molar-refractivity contribution in [1.29, 1.82) is 0 Å². The highest BCUT2D eigenvalue weighted by molar-refractivity contribution is 5.85. The van der Waals surface area contributed by atoms with Crippen molar-refractivity contribution < 1.29 is 4.74 Å². The molecule has 0 spiro atoms. The standard InChI is InChI=1S/C33H58N2O.2ClH/c1-36-33-22-20-31(21-23-33)28-34-32-19-17-15-13-11-9-7-5-3-2-4-6-8-10-12-14-16-18-30-24-26-35(29-32)27-25-30;;/h20-23,30,32,34H,2-19,24-29H2,1H3;2*1H. The van der Waals surface area contributed by atoms with E-state index in [0.29, 0.717) is 6.04 Å². The zero-order valence-electron chi connectivity index (χ0n) is 24.6. The largest absolute Gasteiger partial charge is 0.497 e. The Hall–Kier alpha value is -0.480. The van der Waals surface area contributed by atoms with Crippen LogP contribution in [0.2, 0.25) is 0 Å². The monoisotopic (exact) mass is 570 g/mol. The molecule has 1 unspecified atom stereocenters. The van der Waals surface area contributed by atoms with Crippen LogP contribution in [0.3, 0.4) is 0 Å². The molecule has 1 aromatic carbocycles. The molecule has 3 aliphatic rings. The van der Waals surface area contributed by atoms with Gasteiger partial charge in [0.05, 0.1) is 7.11 Å². The highest BCUT2D eigenvalue weighted by Gasteiger charge is 2.21. The van der Waals surface area contributed by atoms with Gasteiger partial charge in [0.25, 0.3) is 0 Å². The summed E-state index contributed by atoms with van der Waals surface area (Å²) in [6, 6.07) is 9.19. The Morgan fingerprint density at radius 2 is 1.08 bits per heavy atom. The Kier molecular flexibility index (Phi) is 21.7. The summed E-state index contributed by atoms with van der Waals surface area (Å²) >= 11 is 0. The van der Waals surface area contributed by atoms with Gasteiger partial charge in [0.2, 0.25) is 0 Å². The number of methoxy groups -OCH3 is 1. The molecule has 38 heavy (non-hydrogen) atoms. The first-order valence-corrected chi connectivity index (χ1v) is 15.9. The molecular formula is C33H60Cl2N2O. The number of piperidine rings is 1. The number of hydrogen-bond acceptors (Lipinski definition) is 3. The van der Waals surface area contributed by atoms with Gasteiger partial charge in [0.1, 0.15) is 5.75 Å². The average Bonchev–Trinajstić information content (AvgIpc) is 2.91. The Morgan fingerprint density at radius 3 is 1.55 bits per heavy atom. The number of halogens is 2. The summed E-state index contributed by atoms with van der Waals surface area (Å²) in [7, 11) is 1.74. The lowest BCUT2D eigenvalue weighted by molar-refractivity contribution is 0.158. The summed E-state index contributed by atoms with van der Waals surface area (Å²) in [6.07, 6.45) is 28.9. The second-order valence-corrected chi connectivity index (χ2v) is 11.9. The molecule has 3 fully saturated rings. The maximum absolute atomic E-state index is 5.33. The van der Waals surface area contributed by atoms with Crippen LogP contribution in [0.5, 0.6) is 5.75 Å². The molecule has 1 aromatic rings. The van der Waals surface area contributed by atoms with Gasteiger partial charge in [0.15, 0.2) is 0 Å². The summed E-state index contributed by atoms with van der Waals surface area (Å²) in [5, 5.41) is 3.93. The second-order valence-electron chi connectivity index (χ2n) is 11.9. The third kappa shape index (κ3) is 15.9. The number of nitrogens with one attached hydrogen (secondary N) is 1. The van der Waals surface area contributed by atoms with E-state index >= 15 is 0 Å². The Labute approximate surface area is 248 Å². The molecule has 0 saturated carbocycles. The summed E-state index contributed by atoms with van der Waals surface area (Å²) < 4.78 is 5.33. The summed E-state index contributed by atoms with van der Waals surface area (Å²) in [4.78, 5) is 2.76. The van der Waals surface area contributed by atoms with Crippen molar-refractivity contribution in [3.05, 3.63) is 29.8 Å². The smallest absolute Gasteiger partial charge is 0.118 e. The number of nitrogens with zero attached hydrogens (tertiary/aromatic N) is 1. The molecule has 222 valence electrons. The van der Waals surface area contributed by atoms with Gasteiger partial charge < -0.3 is 15.0 Å². The van der Waals surface area contributed by atoms with Gasteiger partial charge in [-0.1, -0.05) is 121 Å². The zero-order valence-corrected chi connectivity index (χ0v) is 26.2. The van der Waals surface area contributed by atoms with Crippen LogP contribution < -0.4 is 10.1 Å². The SMILES string of the molecule is COc1ccc(CNC2CCCCCCCCCCCCCCCCCCC3CCN(CC3)C2)cc1.Cl.Cl. The fraction of sp³-hybridized carbons (Fsp3) is 0.818. The fourth-order valence-electron chi connectivity index (χ4n) is 6.33. The molecule has 3 saturated heterocycles. The molecule has 3 nitrogen and oxygen atoms in total. The number of rotatable bonds is 4. The first-order chi connectivity index (χ1) is 17.8. The van der Waals surface area contributed by atoms with E-state index in [4.69, 9.17) is 4.74 Å². The molecule has 3 aliphatic heterocycles. The molecule has 0 aliphatic carbocycles. The van der Waals surface area contributed by atoms with Gasteiger partial charge >= 0.3 is 0 Å². The van der Waals surface area contributed by atoms with Crippen molar-refractivity contribution in [3.63, 3.8) is 0 Å². The molecule has 0 aromatic heterocycles. The summed E-state index contributed by atoms with van der Waals surface area (Å²) in [5.41, 5.74) is 1.36. The molecule has 2 bridgehead atoms. The minimum absolute atomic E-state index is 0. The zero-order chi connectivity index (χ0) is 25.1. The lowest BCUT2D eigenvalue weighted by Crippen LogP contribution is -2.44. The van der Waals surface area contributed by atoms with E-state index in [0.717, 1.165) is 18.2 Å². The van der Waals surface area contributed by atoms with Crippen molar-refractivity contribution in [2.45, 2.75) is 141 Å². The van der Waals surface area contributed by atoms with Crippen molar-refractivity contribution >= 4 is 24.8 Å². The highest BCUT2D eigenvalue weighted by atomic mass is 35.5. The molecule has 4 rings (SSSR count). The molecule has 0 amide bonds. The van der Waals surface area contributed by atoms with Crippen molar-refractivity contribution in [1.82, 2.24) is 10.2 Å². The molecule has 1 N–H and O–H groups in total. The van der Waals surface area contributed by atoms with Crippen LogP contribution >= 0.6 is 24.8 Å². The molecule has 1 atom stereocenters. The summed E-state index contributed by atoms with van der Waals surface area (Å²) in [5.74, 6) is 1.93. The minimum Gasteiger partial charge on any atom is -0.497 e. The van der Waals surface area contributed by atoms with E-state index in [9.17, 15) is 0 Å². The van der Waals surface area contributed by atoms with Crippen LogP contribution in [0.1, 0.15) is 134 Å². The van der Waals surface area contributed by atoms with Crippen LogP contribution in [0.25, 0.3) is 0 Å². The maximum Gasteiger partial charge on any atom is 0.118 e. The minimum atomic E-state index is 0. The number of fused-ring (bicyclic) bond motifs is 21. The van der Waals surface area contributed by atoms with Crippen LogP contribution in [0.15, 0.2) is 24.3 Å². The van der Waals surface area contributed by atoms with Gasteiger partial charge in [-0.25, -0.2) is 0 Å². The Morgan fingerprint density at radius 1 is 0.632 bits per heavy atom. The van der Waals surface area contributed by atoms with Crippen LogP contribution in [0, 0.1) is 5.92 Å². The number of hydrogen-bond donors (Lipinski definition) is 1. The lowest BCUT2D eigenvalue weighted by atomic mass is 9.90. The van der Waals surface area contributed by atoms with Gasteiger partial charge in [-0.05, 0) is 56.0 Å². The predicted molar refractivity (Wildman–Crippen MR) is 170 cm³/mol. The topological polar surface area (TPSA) is 24.5 Å². The van der Waals surface area contributed by atoms with Gasteiger partial charge in [-0.2, -0.15) is 0 Å². The normalized spacial score (nSPS) is 25.8. The van der Waals surface area contributed by atoms with E-state index in [1.807, 2.05) is 0 Å². The first-order valence-electron chi connectivity index (χ1n) is 15.9. The molecule has 5 heteroatoms. The van der Waals surface area contributed by atoms with Gasteiger partial charge in [-0.15, -0.1) is 24.8 Å². The number of benzene rings is 1. The van der Waals surface area contributed by atoms with Crippen LogP contribution in [0.4, 0.5) is 0 Å². The number of ether oxygens (including phenoxy) is 1. The van der Waals surface area contributed by atoms with E-state index in [-0.39, 0.29) is 24.8 Å². The quantitative estimate of drug-likeness (QED) is 0.389. The van der Waals surface area contributed by atoms with E-state index in [1.165, 1.54) is 154 Å². The predicted octanol–water partition coefficient (Wildman–Crippen LogP) is 9.74.